The van der Waals surface area contributed by atoms with Crippen molar-refractivity contribution >= 4 is 50.6 Å². The van der Waals surface area contributed by atoms with Crippen molar-refractivity contribution in [1.82, 2.24) is 9.97 Å². The van der Waals surface area contributed by atoms with Gasteiger partial charge in [-0.1, -0.05) is 11.6 Å². The summed E-state index contributed by atoms with van der Waals surface area (Å²) in [7, 11) is 1.92. The van der Waals surface area contributed by atoms with E-state index in [0.717, 1.165) is 11.0 Å². The number of nitrogen functional groups attached to an aromatic ring is 1. The van der Waals surface area contributed by atoms with E-state index in [2.05, 4.69) is 37.4 Å². The highest BCUT2D eigenvalue weighted by Crippen LogP contribution is 2.26. The van der Waals surface area contributed by atoms with E-state index in [1.54, 1.807) is 11.3 Å². The molecule has 0 unspecified atom stereocenters. The molecule has 0 aliphatic carbocycles. The van der Waals surface area contributed by atoms with Gasteiger partial charge in [0.2, 0.25) is 5.95 Å². The van der Waals surface area contributed by atoms with Crippen molar-refractivity contribution in [1.29, 1.82) is 0 Å². The number of nitrogens with one attached hydrogen (secondary N) is 1. The Morgan fingerprint density at radius 3 is 3.00 bits per heavy atom. The van der Waals surface area contributed by atoms with Crippen LogP contribution < -0.4 is 16.2 Å². The highest BCUT2D eigenvalue weighted by Gasteiger charge is 2.11. The topological polar surface area (TPSA) is 67.1 Å². The molecule has 0 aliphatic heterocycles. The zero-order valence-corrected chi connectivity index (χ0v) is 12.7. The fraction of sp³-hybridized carbons (Fsp3) is 0.200. The van der Waals surface area contributed by atoms with E-state index in [-0.39, 0.29) is 0 Å². The van der Waals surface area contributed by atoms with Crippen LogP contribution in [-0.2, 0) is 6.54 Å². The summed E-state index contributed by atoms with van der Waals surface area (Å²) in [5.74, 6) is 6.27. The Hall–Kier alpha value is -0.890. The molecular weight excluding hydrogens is 338 g/mol. The number of anilines is 2. The summed E-state index contributed by atoms with van der Waals surface area (Å²) in [6.45, 7) is 0.719. The Morgan fingerprint density at radius 2 is 2.39 bits per heavy atom. The second-order valence-corrected chi connectivity index (χ2v) is 5.92. The molecule has 0 fully saturated rings. The fourth-order valence-electron chi connectivity index (χ4n) is 1.44. The van der Waals surface area contributed by atoms with Gasteiger partial charge in [-0.2, -0.15) is 4.98 Å². The minimum atomic E-state index is 0.341. The molecule has 3 N–H and O–H groups in total. The van der Waals surface area contributed by atoms with Crippen LogP contribution in [0.1, 0.15) is 4.88 Å². The van der Waals surface area contributed by atoms with E-state index in [4.69, 9.17) is 17.4 Å². The van der Waals surface area contributed by atoms with Crippen LogP contribution in [-0.4, -0.2) is 17.0 Å². The predicted molar refractivity (Wildman–Crippen MR) is 79.0 cm³/mol. The van der Waals surface area contributed by atoms with Gasteiger partial charge in [-0.3, -0.25) is 5.43 Å². The maximum atomic E-state index is 6.08. The van der Waals surface area contributed by atoms with Gasteiger partial charge < -0.3 is 4.90 Å². The Kier molecular flexibility index (Phi) is 4.39. The standard InChI is InChI=1S/C10H11BrClN5S/c1-17(4-7-2-6(11)5-18-7)9-8(12)3-14-10(15-9)16-13/h2-3,5H,4,13H2,1H3,(H,14,15,16). The minimum absolute atomic E-state index is 0.341. The third-order valence-electron chi connectivity index (χ3n) is 2.23. The molecule has 8 heteroatoms. The SMILES string of the molecule is CN(Cc1cc(Br)cs1)c1nc(NN)ncc1Cl. The molecule has 2 aromatic rings. The summed E-state index contributed by atoms with van der Waals surface area (Å²) in [5, 5.41) is 2.53. The summed E-state index contributed by atoms with van der Waals surface area (Å²) in [5.41, 5.74) is 2.40. The number of hydrogen-bond donors (Lipinski definition) is 2. The van der Waals surface area contributed by atoms with Crippen molar-refractivity contribution in [2.75, 3.05) is 17.4 Å². The smallest absolute Gasteiger partial charge is 0.239 e. The maximum Gasteiger partial charge on any atom is 0.239 e. The van der Waals surface area contributed by atoms with Crippen molar-refractivity contribution in [3.63, 3.8) is 0 Å². The second kappa shape index (κ2) is 5.83. The Labute approximate surface area is 122 Å². The largest absolute Gasteiger partial charge is 0.353 e. The lowest BCUT2D eigenvalue weighted by molar-refractivity contribution is 0.904. The third kappa shape index (κ3) is 3.11. The lowest BCUT2D eigenvalue weighted by Gasteiger charge is -2.18. The first-order valence-corrected chi connectivity index (χ1v) is 7.08. The molecule has 0 spiro atoms. The van der Waals surface area contributed by atoms with E-state index in [0.29, 0.717) is 16.8 Å². The molecule has 0 saturated heterocycles. The van der Waals surface area contributed by atoms with E-state index >= 15 is 0 Å². The highest BCUT2D eigenvalue weighted by atomic mass is 79.9. The molecule has 0 amide bonds. The van der Waals surface area contributed by atoms with Crippen LogP contribution in [0.3, 0.4) is 0 Å². The van der Waals surface area contributed by atoms with Gasteiger partial charge in [0.25, 0.3) is 0 Å². The molecule has 2 aromatic heterocycles. The molecule has 96 valence electrons. The summed E-state index contributed by atoms with van der Waals surface area (Å²) in [6.07, 6.45) is 1.53. The quantitative estimate of drug-likeness (QED) is 0.657. The van der Waals surface area contributed by atoms with Crippen LogP contribution >= 0.6 is 38.9 Å². The summed E-state index contributed by atoms with van der Waals surface area (Å²) < 4.78 is 1.08. The lowest BCUT2D eigenvalue weighted by Crippen LogP contribution is -2.19. The van der Waals surface area contributed by atoms with Gasteiger partial charge in [0.15, 0.2) is 5.82 Å². The maximum absolute atomic E-state index is 6.08. The van der Waals surface area contributed by atoms with Gasteiger partial charge in [0, 0.05) is 21.8 Å². The molecule has 2 heterocycles. The zero-order valence-electron chi connectivity index (χ0n) is 9.52. The monoisotopic (exact) mass is 347 g/mol. The first kappa shape index (κ1) is 13.5. The van der Waals surface area contributed by atoms with Crippen LogP contribution in [0, 0.1) is 0 Å². The van der Waals surface area contributed by atoms with Gasteiger partial charge in [-0.15, -0.1) is 11.3 Å². The molecule has 0 saturated carbocycles. The normalized spacial score (nSPS) is 10.4. The van der Waals surface area contributed by atoms with Crippen molar-refractivity contribution in [2.45, 2.75) is 6.54 Å². The van der Waals surface area contributed by atoms with Crippen LogP contribution in [0.25, 0.3) is 0 Å². The van der Waals surface area contributed by atoms with Gasteiger partial charge in [0.05, 0.1) is 12.7 Å². The molecule has 2 rings (SSSR count). The molecule has 0 radical (unpaired) electrons. The highest BCUT2D eigenvalue weighted by molar-refractivity contribution is 9.10. The molecular formula is C10H11BrClN5S. The van der Waals surface area contributed by atoms with Crippen molar-refractivity contribution < 1.29 is 0 Å². The first-order chi connectivity index (χ1) is 8.60. The van der Waals surface area contributed by atoms with E-state index in [1.165, 1.54) is 11.1 Å². The van der Waals surface area contributed by atoms with Crippen molar-refractivity contribution in [3.05, 3.63) is 32.0 Å². The Morgan fingerprint density at radius 1 is 1.61 bits per heavy atom. The zero-order chi connectivity index (χ0) is 13.1. The number of nitrogens with two attached hydrogens (primary N) is 1. The van der Waals surface area contributed by atoms with E-state index in [1.807, 2.05) is 17.3 Å². The number of hydrazine groups is 1. The minimum Gasteiger partial charge on any atom is -0.353 e. The Balaban J connectivity index is 2.20. The average Bonchev–Trinajstić information content (AvgIpc) is 2.75. The number of nitrogens with zero attached hydrogens (tertiary/aromatic N) is 3. The molecule has 0 atom stereocenters. The van der Waals surface area contributed by atoms with E-state index in [9.17, 15) is 0 Å². The number of halogens is 2. The van der Waals surface area contributed by atoms with E-state index < -0.39 is 0 Å². The number of hydrogen-bond acceptors (Lipinski definition) is 6. The van der Waals surface area contributed by atoms with Gasteiger partial charge >= 0.3 is 0 Å². The number of aromatic nitrogens is 2. The summed E-state index contributed by atoms with van der Waals surface area (Å²) in [6, 6.07) is 2.07. The fourth-order valence-corrected chi connectivity index (χ4v) is 3.18. The summed E-state index contributed by atoms with van der Waals surface area (Å²) >= 11 is 11.2. The predicted octanol–water partition coefficient (Wildman–Crippen LogP) is 2.88. The first-order valence-electron chi connectivity index (χ1n) is 5.03. The van der Waals surface area contributed by atoms with Gasteiger partial charge in [0.1, 0.15) is 5.02 Å². The Bertz CT molecular complexity index is 547. The van der Waals surface area contributed by atoms with Crippen molar-refractivity contribution in [3.8, 4) is 0 Å². The van der Waals surface area contributed by atoms with Crippen LogP contribution in [0.15, 0.2) is 22.1 Å². The number of rotatable bonds is 4. The van der Waals surface area contributed by atoms with Crippen LogP contribution in [0.2, 0.25) is 5.02 Å². The lowest BCUT2D eigenvalue weighted by atomic mass is 10.4. The molecule has 0 bridgehead atoms. The number of thiophene rings is 1. The second-order valence-electron chi connectivity index (χ2n) is 3.60. The van der Waals surface area contributed by atoms with Crippen LogP contribution in [0.4, 0.5) is 11.8 Å². The van der Waals surface area contributed by atoms with Crippen LogP contribution in [0.5, 0.6) is 0 Å². The average molecular weight is 349 g/mol. The third-order valence-corrected chi connectivity index (χ3v) is 4.18. The molecule has 18 heavy (non-hydrogen) atoms. The molecule has 5 nitrogen and oxygen atoms in total. The summed E-state index contributed by atoms with van der Waals surface area (Å²) in [4.78, 5) is 11.3. The molecule has 0 aliphatic rings. The van der Waals surface area contributed by atoms with Crippen molar-refractivity contribution in [2.24, 2.45) is 5.84 Å². The van der Waals surface area contributed by atoms with Gasteiger partial charge in [-0.05, 0) is 22.0 Å². The van der Waals surface area contributed by atoms with Gasteiger partial charge in [-0.25, -0.2) is 10.8 Å². The molecule has 0 aromatic carbocycles.